The number of benzene rings is 10. The van der Waals surface area contributed by atoms with Gasteiger partial charge < -0.3 is 29.2 Å². The van der Waals surface area contributed by atoms with Gasteiger partial charge in [-0.3, -0.25) is 0 Å². The van der Waals surface area contributed by atoms with E-state index in [-0.39, 0.29) is 11.5 Å². The van der Waals surface area contributed by atoms with E-state index in [9.17, 15) is 10.2 Å². The lowest BCUT2D eigenvalue weighted by Crippen LogP contribution is -2.28. The molecule has 0 aliphatic heterocycles. The van der Waals surface area contributed by atoms with Gasteiger partial charge in [0.1, 0.15) is 34.5 Å². The number of ether oxygens (including phenoxy) is 4. The minimum atomic E-state index is -0.751. The third kappa shape index (κ3) is 10.9. The number of hydrogen-bond donors (Lipinski definition) is 2. The van der Waals surface area contributed by atoms with Crippen LogP contribution in [0.2, 0.25) is 0 Å². The largest absolute Gasteiger partial charge is 0.507 e. The second-order valence-electron chi connectivity index (χ2n) is 23.1. The summed E-state index contributed by atoms with van der Waals surface area (Å²) < 4.78 is 25.2. The molecule has 0 spiro atoms. The first-order valence-electron chi connectivity index (χ1n) is 31.1. The van der Waals surface area contributed by atoms with E-state index in [0.717, 1.165) is 116 Å². The van der Waals surface area contributed by atoms with Gasteiger partial charge in [-0.25, -0.2) is 0 Å². The number of fused-ring (bicyclic) bond motifs is 8. The molecule has 2 N–H and O–H groups in total. The van der Waals surface area contributed by atoms with Crippen molar-refractivity contribution in [2.24, 2.45) is 0 Å². The van der Waals surface area contributed by atoms with E-state index in [0.29, 0.717) is 37.9 Å². The van der Waals surface area contributed by atoms with Gasteiger partial charge in [0.2, 0.25) is 0 Å². The monoisotopic (exact) mass is 1110 g/mol. The lowest BCUT2D eigenvalue weighted by molar-refractivity contribution is 0.267. The number of phenols is 2. The quantitative estimate of drug-likeness (QED) is 0.0500. The van der Waals surface area contributed by atoms with Gasteiger partial charge in [-0.1, -0.05) is 224 Å². The van der Waals surface area contributed by atoms with Crippen LogP contribution in [-0.4, -0.2) is 36.6 Å². The highest BCUT2D eigenvalue weighted by molar-refractivity contribution is 5.92. The topological polar surface area (TPSA) is 77.4 Å². The van der Waals surface area contributed by atoms with Crippen molar-refractivity contribution in [3.8, 4) is 56.8 Å². The summed E-state index contributed by atoms with van der Waals surface area (Å²) in [6, 6.07) is 72.4. The Morgan fingerprint density at radius 3 is 0.917 bits per heavy atom. The van der Waals surface area contributed by atoms with Crippen LogP contribution in [0, 0.1) is 0 Å². The number of phenolic OH excluding ortho intramolecular Hbond substituents is 2. The average Bonchev–Trinajstić information content (AvgIpc) is 1.58. The third-order valence-corrected chi connectivity index (χ3v) is 17.7. The molecular formula is C78H78O6. The number of aromatic hydroxyl groups is 2. The van der Waals surface area contributed by atoms with Crippen molar-refractivity contribution in [3.05, 3.63) is 251 Å². The van der Waals surface area contributed by atoms with Crippen molar-refractivity contribution in [3.63, 3.8) is 0 Å². The fourth-order valence-corrected chi connectivity index (χ4v) is 13.6. The Hall–Kier alpha value is -8.48. The van der Waals surface area contributed by atoms with E-state index in [1.165, 1.54) is 73.6 Å². The van der Waals surface area contributed by atoms with Crippen LogP contribution in [0.5, 0.6) is 34.5 Å². The van der Waals surface area contributed by atoms with Crippen molar-refractivity contribution in [1.29, 1.82) is 0 Å². The van der Waals surface area contributed by atoms with E-state index >= 15 is 0 Å². The molecule has 0 radical (unpaired) electrons. The second-order valence-corrected chi connectivity index (χ2v) is 23.1. The molecule has 2 aliphatic carbocycles. The third-order valence-electron chi connectivity index (χ3n) is 17.7. The molecule has 0 amide bonds. The minimum Gasteiger partial charge on any atom is -0.507 e. The maximum atomic E-state index is 12.1. The maximum absolute atomic E-state index is 12.1. The predicted molar refractivity (Wildman–Crippen MR) is 344 cm³/mol. The fraction of sp³-hybridized carbons (Fsp3) is 0.282. The van der Waals surface area contributed by atoms with Crippen LogP contribution in [0.15, 0.2) is 206 Å². The Morgan fingerprint density at radius 1 is 0.274 bits per heavy atom. The highest BCUT2D eigenvalue weighted by Crippen LogP contribution is 2.60. The van der Waals surface area contributed by atoms with Crippen molar-refractivity contribution >= 4 is 21.5 Å². The zero-order chi connectivity index (χ0) is 57.3. The first kappa shape index (κ1) is 56.0. The van der Waals surface area contributed by atoms with Crippen LogP contribution in [0.25, 0.3) is 43.8 Å². The lowest BCUT2D eigenvalue weighted by atomic mass is 9.67. The van der Waals surface area contributed by atoms with Crippen LogP contribution in [0.1, 0.15) is 148 Å². The summed E-state index contributed by atoms with van der Waals surface area (Å²) in [5.74, 6) is 3.49. The molecule has 12 rings (SSSR count). The standard InChI is InChI=1S/C78H78O6/c1-3-5-7-9-11-21-45-83-63-41-43-73(75(79)53-63)77(69-29-17-13-25-65(69)66-26-14-18-30-70(66)77)59-37-33-57-51-61(39-35-55(57)49-59)81-47-23-24-48-82-62-40-36-56-50-60(38-34-58(56)52-62)78(71-31-19-15-27-67(71)68-28-16-20-32-72(68)78)74-44-42-64(54-76(74)80)84-46-22-12-10-8-6-4-2/h13-20,25-44,49-54,79-80H,3-12,21-24,45-48H2,1-2H3. The molecule has 0 bridgehead atoms. The summed E-state index contributed by atoms with van der Waals surface area (Å²) in [6.45, 7) is 6.90. The Bertz CT molecular complexity index is 3570. The van der Waals surface area contributed by atoms with Gasteiger partial charge >= 0.3 is 0 Å². The Labute approximate surface area is 496 Å². The summed E-state index contributed by atoms with van der Waals surface area (Å²) in [5, 5.41) is 28.5. The van der Waals surface area contributed by atoms with E-state index in [2.05, 4.69) is 196 Å². The summed E-state index contributed by atoms with van der Waals surface area (Å²) in [5.41, 5.74) is 11.6. The molecule has 0 saturated heterocycles. The van der Waals surface area contributed by atoms with Gasteiger partial charge in [-0.2, -0.15) is 0 Å². The normalized spacial score (nSPS) is 13.3. The zero-order valence-electron chi connectivity index (χ0n) is 48.9. The van der Waals surface area contributed by atoms with E-state index < -0.39 is 10.8 Å². The van der Waals surface area contributed by atoms with Crippen LogP contribution < -0.4 is 18.9 Å². The molecule has 0 aromatic heterocycles. The van der Waals surface area contributed by atoms with Crippen LogP contribution in [0.3, 0.4) is 0 Å². The van der Waals surface area contributed by atoms with E-state index in [1.807, 2.05) is 12.1 Å². The number of rotatable bonds is 27. The van der Waals surface area contributed by atoms with Gasteiger partial charge in [0.15, 0.2) is 0 Å². The highest BCUT2D eigenvalue weighted by Gasteiger charge is 2.49. The van der Waals surface area contributed by atoms with Crippen molar-refractivity contribution in [2.45, 2.75) is 115 Å². The van der Waals surface area contributed by atoms with Crippen molar-refractivity contribution in [1.82, 2.24) is 0 Å². The molecule has 84 heavy (non-hydrogen) atoms. The predicted octanol–water partition coefficient (Wildman–Crippen LogP) is 19.8. The second kappa shape index (κ2) is 25.6. The van der Waals surface area contributed by atoms with Crippen LogP contribution in [-0.2, 0) is 10.8 Å². The Kier molecular flexibility index (Phi) is 17.1. The van der Waals surface area contributed by atoms with Gasteiger partial charge in [0.25, 0.3) is 0 Å². The molecule has 0 unspecified atom stereocenters. The van der Waals surface area contributed by atoms with Crippen molar-refractivity contribution < 1.29 is 29.2 Å². The molecule has 426 valence electrons. The van der Waals surface area contributed by atoms with E-state index in [1.54, 1.807) is 12.1 Å². The molecule has 10 aromatic rings. The molecule has 2 aliphatic rings. The molecule has 0 saturated carbocycles. The molecule has 6 heteroatoms. The summed E-state index contributed by atoms with van der Waals surface area (Å²) in [7, 11) is 0. The Balaban J connectivity index is 0.712. The molecule has 0 fully saturated rings. The lowest BCUT2D eigenvalue weighted by Gasteiger charge is -2.34. The van der Waals surface area contributed by atoms with Gasteiger partial charge in [0.05, 0.1) is 37.3 Å². The average molecular weight is 1110 g/mol. The fourth-order valence-electron chi connectivity index (χ4n) is 13.6. The first-order chi connectivity index (χ1) is 41.4. The van der Waals surface area contributed by atoms with Gasteiger partial charge in [-0.05, 0) is 151 Å². The van der Waals surface area contributed by atoms with Crippen molar-refractivity contribution in [2.75, 3.05) is 26.4 Å². The smallest absolute Gasteiger partial charge is 0.124 e. The summed E-state index contributed by atoms with van der Waals surface area (Å²) in [6.07, 6.45) is 16.0. The van der Waals surface area contributed by atoms with Crippen LogP contribution in [0.4, 0.5) is 0 Å². The highest BCUT2D eigenvalue weighted by atomic mass is 16.5. The number of unbranched alkanes of at least 4 members (excludes halogenated alkanes) is 11. The minimum absolute atomic E-state index is 0.222. The SMILES string of the molecule is CCCCCCCCOc1ccc(C2(c3ccc4cc(OCCCCOc5ccc6cc(C7(c8ccc(OCCCCCCCC)cc8O)c8ccccc8-c8ccccc87)ccc6c5)ccc4c3)c3ccccc3-c3ccccc32)c(O)c1. The first-order valence-corrected chi connectivity index (χ1v) is 31.1. The zero-order valence-corrected chi connectivity index (χ0v) is 48.9. The van der Waals surface area contributed by atoms with Crippen LogP contribution >= 0.6 is 0 Å². The van der Waals surface area contributed by atoms with E-state index in [4.69, 9.17) is 18.9 Å². The number of hydrogen-bond acceptors (Lipinski definition) is 6. The maximum Gasteiger partial charge on any atom is 0.124 e. The molecule has 0 atom stereocenters. The summed E-state index contributed by atoms with van der Waals surface area (Å²) >= 11 is 0. The molecule has 10 aromatic carbocycles. The van der Waals surface area contributed by atoms with Gasteiger partial charge in [-0.15, -0.1) is 0 Å². The molecule has 6 nitrogen and oxygen atoms in total. The Morgan fingerprint density at radius 2 is 0.560 bits per heavy atom. The molecular weight excluding hydrogens is 1030 g/mol. The molecule has 0 heterocycles. The summed E-state index contributed by atoms with van der Waals surface area (Å²) in [4.78, 5) is 0. The van der Waals surface area contributed by atoms with Gasteiger partial charge in [0, 0.05) is 23.3 Å².